The van der Waals surface area contributed by atoms with Crippen LogP contribution in [0.25, 0.3) is 11.4 Å². The molecule has 1 aromatic carbocycles. The van der Waals surface area contributed by atoms with Crippen molar-refractivity contribution in [3.8, 4) is 11.4 Å². The van der Waals surface area contributed by atoms with E-state index in [0.717, 1.165) is 11.1 Å². The van der Waals surface area contributed by atoms with Gasteiger partial charge in [0, 0.05) is 30.7 Å². The fourth-order valence-corrected chi connectivity index (χ4v) is 2.10. The molecule has 3 aromatic rings. The number of hydrogen-bond acceptors (Lipinski definition) is 4. The number of pyridine rings is 1. The van der Waals surface area contributed by atoms with E-state index in [1.807, 2.05) is 0 Å². The molecule has 2 aromatic heterocycles. The van der Waals surface area contributed by atoms with Crippen molar-refractivity contribution in [1.29, 1.82) is 0 Å². The van der Waals surface area contributed by atoms with E-state index in [0.29, 0.717) is 23.2 Å². The molecule has 0 unspecified atom stereocenters. The second kappa shape index (κ2) is 6.49. The molecule has 0 amide bonds. The Morgan fingerprint density at radius 1 is 1.09 bits per heavy atom. The predicted octanol–water partition coefficient (Wildman–Crippen LogP) is 3.94. The summed E-state index contributed by atoms with van der Waals surface area (Å²) < 4.78 is 12.9. The molecule has 0 saturated heterocycles. The second-order valence-corrected chi connectivity index (χ2v) is 5.07. The molecule has 0 bridgehead atoms. The van der Waals surface area contributed by atoms with Crippen molar-refractivity contribution in [1.82, 2.24) is 15.0 Å². The molecule has 3 rings (SSSR count). The monoisotopic (exact) mass is 314 g/mol. The minimum absolute atomic E-state index is 0.249. The summed E-state index contributed by atoms with van der Waals surface area (Å²) in [5, 5.41) is 3.71. The van der Waals surface area contributed by atoms with Gasteiger partial charge in [0.15, 0.2) is 5.82 Å². The third kappa shape index (κ3) is 3.56. The van der Waals surface area contributed by atoms with Gasteiger partial charge in [-0.1, -0.05) is 23.7 Å². The van der Waals surface area contributed by atoms with E-state index in [9.17, 15) is 4.39 Å². The number of rotatable bonds is 4. The number of nitrogens with one attached hydrogen (secondary N) is 1. The summed E-state index contributed by atoms with van der Waals surface area (Å²) in [6.45, 7) is 0.546. The fourth-order valence-electron chi connectivity index (χ4n) is 1.93. The Kier molecular flexibility index (Phi) is 4.25. The Morgan fingerprint density at radius 3 is 2.68 bits per heavy atom. The van der Waals surface area contributed by atoms with E-state index in [1.165, 1.54) is 12.1 Å². The molecule has 0 aliphatic rings. The van der Waals surface area contributed by atoms with Gasteiger partial charge < -0.3 is 5.32 Å². The smallest absolute Gasteiger partial charge is 0.163 e. The largest absolute Gasteiger partial charge is 0.366 e. The highest BCUT2D eigenvalue weighted by Crippen LogP contribution is 2.19. The Balaban J connectivity index is 1.75. The number of nitrogens with zero attached hydrogens (tertiary/aromatic N) is 3. The maximum atomic E-state index is 12.9. The van der Waals surface area contributed by atoms with Crippen molar-refractivity contribution in [2.75, 3.05) is 5.32 Å². The number of halogens is 2. The number of benzene rings is 1. The summed E-state index contributed by atoms with van der Waals surface area (Å²) in [6.07, 6.45) is 4.88. The molecule has 22 heavy (non-hydrogen) atoms. The first-order valence-electron chi connectivity index (χ1n) is 6.63. The highest BCUT2D eigenvalue weighted by Gasteiger charge is 2.04. The fraction of sp³-hybridized carbons (Fsp3) is 0.0625. The van der Waals surface area contributed by atoms with Gasteiger partial charge >= 0.3 is 0 Å². The summed E-state index contributed by atoms with van der Waals surface area (Å²) in [5.74, 6) is 0.968. The van der Waals surface area contributed by atoms with Crippen molar-refractivity contribution in [3.63, 3.8) is 0 Å². The van der Waals surface area contributed by atoms with Gasteiger partial charge in [0.2, 0.25) is 0 Å². The summed E-state index contributed by atoms with van der Waals surface area (Å²) in [5.41, 5.74) is 1.71. The van der Waals surface area contributed by atoms with Gasteiger partial charge in [0.25, 0.3) is 0 Å². The van der Waals surface area contributed by atoms with Crippen LogP contribution in [0.5, 0.6) is 0 Å². The van der Waals surface area contributed by atoms with Gasteiger partial charge in [-0.2, -0.15) is 0 Å². The van der Waals surface area contributed by atoms with Gasteiger partial charge in [-0.3, -0.25) is 4.98 Å². The zero-order valence-corrected chi connectivity index (χ0v) is 12.3. The van der Waals surface area contributed by atoms with Crippen LogP contribution in [0.3, 0.4) is 0 Å². The van der Waals surface area contributed by atoms with Crippen LogP contribution >= 0.6 is 11.6 Å². The van der Waals surface area contributed by atoms with Crippen LogP contribution in [0, 0.1) is 5.82 Å². The maximum Gasteiger partial charge on any atom is 0.163 e. The highest BCUT2D eigenvalue weighted by molar-refractivity contribution is 6.30. The van der Waals surface area contributed by atoms with Crippen LogP contribution in [-0.2, 0) is 6.54 Å². The molecule has 2 heterocycles. The molecule has 6 heteroatoms. The van der Waals surface area contributed by atoms with Crippen LogP contribution in [0.4, 0.5) is 10.2 Å². The quantitative estimate of drug-likeness (QED) is 0.792. The highest BCUT2D eigenvalue weighted by atomic mass is 35.5. The summed E-state index contributed by atoms with van der Waals surface area (Å²) in [7, 11) is 0. The van der Waals surface area contributed by atoms with Crippen LogP contribution in [-0.4, -0.2) is 15.0 Å². The van der Waals surface area contributed by atoms with Gasteiger partial charge in [0.05, 0.1) is 5.02 Å². The minimum atomic E-state index is -0.249. The zero-order chi connectivity index (χ0) is 15.4. The number of anilines is 1. The normalized spacial score (nSPS) is 10.5. The lowest BCUT2D eigenvalue weighted by molar-refractivity contribution is 0.627. The van der Waals surface area contributed by atoms with E-state index in [1.54, 1.807) is 42.9 Å². The maximum absolute atomic E-state index is 12.9. The average molecular weight is 315 g/mol. The van der Waals surface area contributed by atoms with E-state index < -0.39 is 0 Å². The van der Waals surface area contributed by atoms with E-state index in [2.05, 4.69) is 20.3 Å². The lowest BCUT2D eigenvalue weighted by Gasteiger charge is -2.07. The molecule has 0 aliphatic heterocycles. The number of hydrogen-bond donors (Lipinski definition) is 1. The van der Waals surface area contributed by atoms with Gasteiger partial charge in [-0.25, -0.2) is 14.4 Å². The third-order valence-electron chi connectivity index (χ3n) is 3.01. The molecule has 0 fully saturated rings. The summed E-state index contributed by atoms with van der Waals surface area (Å²) >= 11 is 5.92. The Hall–Kier alpha value is -2.53. The van der Waals surface area contributed by atoms with Crippen molar-refractivity contribution in [2.24, 2.45) is 0 Å². The van der Waals surface area contributed by atoms with E-state index in [4.69, 9.17) is 11.6 Å². The molecule has 0 aliphatic carbocycles. The van der Waals surface area contributed by atoms with Crippen molar-refractivity contribution in [2.45, 2.75) is 6.54 Å². The summed E-state index contributed by atoms with van der Waals surface area (Å²) in [4.78, 5) is 12.7. The van der Waals surface area contributed by atoms with E-state index in [-0.39, 0.29) is 5.82 Å². The first-order chi connectivity index (χ1) is 10.7. The molecule has 0 saturated carbocycles. The molecule has 0 spiro atoms. The lowest BCUT2D eigenvalue weighted by Crippen LogP contribution is -2.02. The Bertz CT molecular complexity index is 777. The standard InChI is InChI=1S/C16H12ClFN4/c17-13-7-12(9-19-10-13)16-20-6-5-15(22-16)21-8-11-1-3-14(18)4-2-11/h1-7,9-10H,8H2,(H,20,21,22). The Morgan fingerprint density at radius 2 is 1.91 bits per heavy atom. The third-order valence-corrected chi connectivity index (χ3v) is 3.21. The number of aromatic nitrogens is 3. The van der Waals surface area contributed by atoms with Gasteiger partial charge in [-0.05, 0) is 29.8 Å². The van der Waals surface area contributed by atoms with Crippen molar-refractivity contribution in [3.05, 3.63) is 71.4 Å². The molecule has 4 nitrogen and oxygen atoms in total. The van der Waals surface area contributed by atoms with Crippen LogP contribution in [0.15, 0.2) is 55.0 Å². The van der Waals surface area contributed by atoms with Crippen LogP contribution in [0.1, 0.15) is 5.56 Å². The molecule has 0 atom stereocenters. The van der Waals surface area contributed by atoms with Crippen LogP contribution < -0.4 is 5.32 Å². The SMILES string of the molecule is Fc1ccc(CNc2ccnc(-c3cncc(Cl)c3)n2)cc1. The predicted molar refractivity (Wildman–Crippen MR) is 84.0 cm³/mol. The zero-order valence-electron chi connectivity index (χ0n) is 11.5. The molecular weight excluding hydrogens is 303 g/mol. The van der Waals surface area contributed by atoms with Crippen molar-refractivity contribution < 1.29 is 4.39 Å². The first-order valence-corrected chi connectivity index (χ1v) is 7.01. The topological polar surface area (TPSA) is 50.7 Å². The van der Waals surface area contributed by atoms with Crippen molar-refractivity contribution >= 4 is 17.4 Å². The molecular formula is C16H12ClFN4. The van der Waals surface area contributed by atoms with Gasteiger partial charge in [-0.15, -0.1) is 0 Å². The average Bonchev–Trinajstić information content (AvgIpc) is 2.55. The Labute approximate surface area is 132 Å². The van der Waals surface area contributed by atoms with Crippen LogP contribution in [0.2, 0.25) is 5.02 Å². The van der Waals surface area contributed by atoms with E-state index >= 15 is 0 Å². The minimum Gasteiger partial charge on any atom is -0.366 e. The molecule has 0 radical (unpaired) electrons. The second-order valence-electron chi connectivity index (χ2n) is 4.64. The molecule has 110 valence electrons. The first kappa shape index (κ1) is 14.4. The summed E-state index contributed by atoms with van der Waals surface area (Å²) in [6, 6.07) is 9.84. The van der Waals surface area contributed by atoms with Gasteiger partial charge in [0.1, 0.15) is 11.6 Å². The lowest BCUT2D eigenvalue weighted by atomic mass is 10.2. The molecule has 1 N–H and O–H groups in total.